The van der Waals surface area contributed by atoms with Gasteiger partial charge in [0.05, 0.1) is 22.2 Å². The molecule has 0 saturated carbocycles. The van der Waals surface area contributed by atoms with Crippen molar-refractivity contribution in [2.45, 2.75) is 65.5 Å². The van der Waals surface area contributed by atoms with Crippen molar-refractivity contribution in [1.82, 2.24) is 19.4 Å². The molecule has 6 nitrogen and oxygen atoms in total. The number of nitrogens with zero attached hydrogens (tertiary/aromatic N) is 4. The fourth-order valence-electron chi connectivity index (χ4n) is 10.1. The first-order chi connectivity index (χ1) is 33.6. The Morgan fingerprint density at radius 3 is 2.14 bits per heavy atom. The number of oxazole rings is 1. The minimum absolute atomic E-state index is 0.0791. The molecule has 3 aromatic heterocycles. The monoisotopic (exact) mass is 826 g/mol. The fourth-order valence-corrected chi connectivity index (χ4v) is 10.1. The van der Waals surface area contributed by atoms with Gasteiger partial charge in [0, 0.05) is 61.4 Å². The molecule has 6 heteroatoms. The molecule has 2 aliphatic rings. The van der Waals surface area contributed by atoms with Crippen LogP contribution in [0.3, 0.4) is 0 Å². The second-order valence-electron chi connectivity index (χ2n) is 17.7. The zero-order valence-corrected chi connectivity index (χ0v) is 35.4. The average molecular weight is 827 g/mol. The summed E-state index contributed by atoms with van der Waals surface area (Å²) in [5.41, 5.74) is 11.2. The van der Waals surface area contributed by atoms with Gasteiger partial charge in [-0.3, -0.25) is 4.40 Å². The molecule has 7 aromatic carbocycles. The lowest BCUT2D eigenvalue weighted by Gasteiger charge is -2.42. The van der Waals surface area contributed by atoms with Crippen molar-refractivity contribution in [3.05, 3.63) is 168 Å². The zero-order valence-electron chi connectivity index (χ0n) is 43.4. The van der Waals surface area contributed by atoms with Crippen LogP contribution in [0.15, 0.2) is 144 Å². The van der Waals surface area contributed by atoms with Gasteiger partial charge in [0.2, 0.25) is 0 Å². The van der Waals surface area contributed by atoms with Gasteiger partial charge in [-0.25, -0.2) is 9.97 Å². The van der Waals surface area contributed by atoms with Crippen LogP contribution in [-0.2, 0) is 17.2 Å². The van der Waals surface area contributed by atoms with Crippen LogP contribution < -0.4 is 4.74 Å². The smallest absolute Gasteiger partial charge is 0.307 e. The van der Waals surface area contributed by atoms with Gasteiger partial charge in [-0.1, -0.05) is 126 Å². The van der Waals surface area contributed by atoms with Gasteiger partial charge in [0.25, 0.3) is 0 Å². The van der Waals surface area contributed by atoms with E-state index in [4.69, 9.17) is 30.1 Å². The molecule has 63 heavy (non-hydrogen) atoms. The Kier molecular flexibility index (Phi) is 6.32. The highest BCUT2D eigenvalue weighted by Crippen LogP contribution is 2.58. The standard InChI is InChI=1S/C57H46N4O2/c1-8-34-23-26-48-54(63-55-60-46-19-13-14-20-47(46)61(48)55)51(34)41-29-45-49(27-33(41)3)62-53-44(56(4,5)57(45,6)7)25-21-32(2)50(53)35-22-24-39-36-15-9-10-16-37(36)43-30-58-31-59-52(43)40-18-12-11-17-38(40)42(39)28-35/h9-31H,8H2,1-7H3/i2D3,3D3,8D2. The van der Waals surface area contributed by atoms with E-state index >= 15 is 0 Å². The maximum Gasteiger partial charge on any atom is 0.307 e. The summed E-state index contributed by atoms with van der Waals surface area (Å²) >= 11 is 0. The lowest BCUT2D eigenvalue weighted by molar-refractivity contribution is 0.306. The van der Waals surface area contributed by atoms with E-state index in [9.17, 15) is 0 Å². The summed E-state index contributed by atoms with van der Waals surface area (Å²) in [5.74, 6) is 0.846. The molecular weight excluding hydrogens is 773 g/mol. The van der Waals surface area contributed by atoms with E-state index < -0.39 is 30.9 Å². The normalized spacial score (nSPS) is 16.9. The minimum atomic E-state index is -2.74. The van der Waals surface area contributed by atoms with Gasteiger partial charge in [-0.05, 0) is 112 Å². The third-order valence-electron chi connectivity index (χ3n) is 14.0. The van der Waals surface area contributed by atoms with Crippen LogP contribution >= 0.6 is 0 Å². The number of ether oxygens (including phenoxy) is 1. The van der Waals surface area contributed by atoms with Gasteiger partial charge in [-0.2, -0.15) is 4.98 Å². The number of hydrogen-bond donors (Lipinski definition) is 0. The van der Waals surface area contributed by atoms with Crippen molar-refractivity contribution in [2.75, 3.05) is 0 Å². The summed E-state index contributed by atoms with van der Waals surface area (Å²) in [6.45, 7) is 4.46. The molecule has 0 amide bonds. The Balaban J connectivity index is 1.13. The molecule has 0 spiro atoms. The molecule has 0 unspecified atom stereocenters. The van der Waals surface area contributed by atoms with Crippen LogP contribution in [0.5, 0.6) is 11.5 Å². The van der Waals surface area contributed by atoms with Crippen molar-refractivity contribution < 1.29 is 20.1 Å². The van der Waals surface area contributed by atoms with Crippen molar-refractivity contribution in [3.63, 3.8) is 0 Å². The number of aryl methyl sites for hydroxylation is 3. The second kappa shape index (κ2) is 13.3. The molecule has 10 aromatic rings. The van der Waals surface area contributed by atoms with Crippen LogP contribution in [0.4, 0.5) is 0 Å². The largest absolute Gasteiger partial charge is 0.456 e. The molecule has 0 atom stereocenters. The van der Waals surface area contributed by atoms with E-state index in [1.54, 1.807) is 30.6 Å². The van der Waals surface area contributed by atoms with Gasteiger partial charge < -0.3 is 9.15 Å². The van der Waals surface area contributed by atoms with E-state index in [0.717, 1.165) is 61.2 Å². The summed E-state index contributed by atoms with van der Waals surface area (Å²) in [7, 11) is 0. The first-order valence-corrected chi connectivity index (χ1v) is 21.2. The lowest BCUT2D eigenvalue weighted by atomic mass is 9.60. The van der Waals surface area contributed by atoms with E-state index in [0.29, 0.717) is 44.9 Å². The Morgan fingerprint density at radius 2 is 1.35 bits per heavy atom. The number of hydrogen-bond acceptors (Lipinski definition) is 5. The lowest BCUT2D eigenvalue weighted by Crippen LogP contribution is -2.39. The highest BCUT2D eigenvalue weighted by Gasteiger charge is 2.46. The van der Waals surface area contributed by atoms with Gasteiger partial charge in [0.1, 0.15) is 17.8 Å². The molecule has 4 heterocycles. The molecule has 1 aliphatic carbocycles. The van der Waals surface area contributed by atoms with E-state index in [-0.39, 0.29) is 28.0 Å². The maximum absolute atomic E-state index is 9.10. The predicted octanol–water partition coefficient (Wildman–Crippen LogP) is 14.9. The fraction of sp³-hybridized carbons (Fsp3) is 0.175. The maximum atomic E-state index is 9.10. The van der Waals surface area contributed by atoms with Crippen LogP contribution in [0.1, 0.15) is 73.4 Å². The Hall–Kier alpha value is -7.31. The van der Waals surface area contributed by atoms with Crippen molar-refractivity contribution >= 4 is 28.0 Å². The summed E-state index contributed by atoms with van der Waals surface area (Å²) in [6.07, 6.45) is 1.46. The van der Waals surface area contributed by atoms with E-state index in [1.807, 2.05) is 95.5 Å². The number of aromatic nitrogens is 4. The predicted molar refractivity (Wildman–Crippen MR) is 256 cm³/mol. The Bertz CT molecular complexity index is 3890. The first-order valence-electron chi connectivity index (χ1n) is 25.2. The molecule has 0 fully saturated rings. The first kappa shape index (κ1) is 29.9. The molecule has 0 N–H and O–H groups in total. The van der Waals surface area contributed by atoms with Crippen molar-refractivity contribution in [1.29, 1.82) is 0 Å². The van der Waals surface area contributed by atoms with Gasteiger partial charge >= 0.3 is 5.84 Å². The number of para-hydroxylation sites is 2. The topological polar surface area (TPSA) is 65.5 Å². The van der Waals surface area contributed by atoms with Crippen LogP contribution in [0, 0.1) is 13.7 Å². The van der Waals surface area contributed by atoms with Crippen LogP contribution in [-0.4, -0.2) is 19.4 Å². The third-order valence-corrected chi connectivity index (χ3v) is 14.0. The summed E-state index contributed by atoms with van der Waals surface area (Å²) in [4.78, 5) is 14.0. The van der Waals surface area contributed by atoms with Gasteiger partial charge in [-0.15, -0.1) is 0 Å². The number of fused-ring (bicyclic) bond motifs is 15. The second-order valence-corrected chi connectivity index (χ2v) is 17.7. The average Bonchev–Trinajstić information content (AvgIpc) is 3.86. The molecular formula is C57H46N4O2. The molecule has 0 saturated heterocycles. The summed E-state index contributed by atoms with van der Waals surface area (Å²) in [5, 5.41) is 0. The quantitative estimate of drug-likeness (QED) is 0.177. The zero-order chi connectivity index (χ0) is 49.7. The molecule has 0 radical (unpaired) electrons. The Labute approximate surface area is 378 Å². The van der Waals surface area contributed by atoms with Crippen LogP contribution in [0.2, 0.25) is 0 Å². The van der Waals surface area contributed by atoms with Crippen molar-refractivity contribution in [2.24, 2.45) is 0 Å². The molecule has 0 bridgehead atoms. The SMILES string of the molecule is [2H]C([2H])([2H])c1cc2c(cc1-c1c(C([2H])([2H])C)ccc3c1oc1nc4ccccc4n13)C(C)(C)C(C)(C)c1ccc(C([2H])([2H])[2H])c(-c3ccc4c(c3)-c3ccccc3-c3ncncc3-c3ccccc3-4)c1O2. The van der Waals surface area contributed by atoms with Crippen LogP contribution in [0.25, 0.3) is 94.9 Å². The molecule has 12 rings (SSSR count). The Morgan fingerprint density at radius 1 is 0.635 bits per heavy atom. The highest BCUT2D eigenvalue weighted by molar-refractivity contribution is 6.03. The summed E-state index contributed by atoms with van der Waals surface area (Å²) in [6, 6.07) is 40.2. The number of imidazole rings is 1. The van der Waals surface area contributed by atoms with Gasteiger partial charge in [0.15, 0.2) is 5.58 Å². The van der Waals surface area contributed by atoms with E-state index in [1.165, 1.54) is 6.92 Å². The minimum Gasteiger partial charge on any atom is -0.456 e. The number of benzene rings is 7. The van der Waals surface area contributed by atoms with E-state index in [2.05, 4.69) is 50.9 Å². The third kappa shape index (κ3) is 5.21. The van der Waals surface area contributed by atoms with Crippen molar-refractivity contribution in [3.8, 4) is 78.4 Å². The summed E-state index contributed by atoms with van der Waals surface area (Å²) < 4.78 is 88.2. The molecule has 306 valence electrons. The highest BCUT2D eigenvalue weighted by atomic mass is 16.5. The molecule has 1 aliphatic heterocycles. The number of rotatable bonds is 3.